The molecular formula is C17H18N2O4. The largest absolute Gasteiger partial charge is 0.451 e. The normalized spacial score (nSPS) is 11.6. The van der Waals surface area contributed by atoms with Crippen LogP contribution in [0.2, 0.25) is 0 Å². The van der Waals surface area contributed by atoms with Crippen LogP contribution in [0.25, 0.3) is 0 Å². The fraction of sp³-hybridized carbons (Fsp3) is 0.235. The Hall–Kier alpha value is -2.89. The first kappa shape index (κ1) is 16.5. The monoisotopic (exact) mass is 314 g/mol. The molecule has 0 saturated carbocycles. The van der Waals surface area contributed by atoms with E-state index in [2.05, 4.69) is 5.32 Å². The van der Waals surface area contributed by atoms with Crippen LogP contribution in [0.3, 0.4) is 0 Å². The maximum Gasteiger partial charge on any atom is 0.326 e. The van der Waals surface area contributed by atoms with Crippen LogP contribution in [-0.4, -0.2) is 22.5 Å². The smallest absolute Gasteiger partial charge is 0.326 e. The Morgan fingerprint density at radius 2 is 1.87 bits per heavy atom. The van der Waals surface area contributed by atoms with Gasteiger partial charge in [0.1, 0.15) is 6.54 Å². The van der Waals surface area contributed by atoms with Gasteiger partial charge in [0, 0.05) is 18.0 Å². The molecule has 6 nitrogen and oxygen atoms in total. The van der Waals surface area contributed by atoms with Gasteiger partial charge in [-0.05, 0) is 32.0 Å². The van der Waals surface area contributed by atoms with E-state index < -0.39 is 18.0 Å². The van der Waals surface area contributed by atoms with Crippen molar-refractivity contribution in [3.63, 3.8) is 0 Å². The summed E-state index contributed by atoms with van der Waals surface area (Å²) in [7, 11) is 0. The van der Waals surface area contributed by atoms with E-state index in [4.69, 9.17) is 4.74 Å². The van der Waals surface area contributed by atoms with E-state index >= 15 is 0 Å². The van der Waals surface area contributed by atoms with Crippen LogP contribution in [0.4, 0.5) is 5.69 Å². The fourth-order valence-electron chi connectivity index (χ4n) is 1.90. The van der Waals surface area contributed by atoms with E-state index in [0.717, 1.165) is 5.56 Å². The fourth-order valence-corrected chi connectivity index (χ4v) is 1.90. The van der Waals surface area contributed by atoms with Crippen LogP contribution in [-0.2, 0) is 20.9 Å². The van der Waals surface area contributed by atoms with E-state index in [9.17, 15) is 14.4 Å². The Morgan fingerprint density at radius 1 is 1.17 bits per heavy atom. The van der Waals surface area contributed by atoms with Gasteiger partial charge in [0.05, 0.1) is 0 Å². The predicted octanol–water partition coefficient (Wildman–Crippen LogP) is 1.73. The minimum Gasteiger partial charge on any atom is -0.451 e. The molecule has 6 heteroatoms. The average molecular weight is 314 g/mol. The lowest BCUT2D eigenvalue weighted by atomic mass is 10.2. The van der Waals surface area contributed by atoms with Crippen molar-refractivity contribution < 1.29 is 14.3 Å². The molecule has 0 aliphatic carbocycles. The summed E-state index contributed by atoms with van der Waals surface area (Å²) >= 11 is 0. The van der Waals surface area contributed by atoms with Crippen molar-refractivity contribution in [1.82, 2.24) is 4.57 Å². The summed E-state index contributed by atoms with van der Waals surface area (Å²) in [6, 6.07) is 11.9. The lowest BCUT2D eigenvalue weighted by molar-refractivity contribution is -0.153. The summed E-state index contributed by atoms with van der Waals surface area (Å²) in [4.78, 5) is 35.3. The minimum atomic E-state index is -0.955. The van der Waals surface area contributed by atoms with Crippen molar-refractivity contribution >= 4 is 17.6 Å². The molecule has 1 amide bonds. The molecule has 1 N–H and O–H groups in total. The molecule has 0 unspecified atom stereocenters. The Labute approximate surface area is 133 Å². The number of rotatable bonds is 5. The third-order valence-corrected chi connectivity index (χ3v) is 3.19. The highest BCUT2D eigenvalue weighted by Crippen LogP contribution is 2.09. The standard InChI is InChI=1S/C17H18N2O4/c1-12-6-8-14(9-7-12)18-17(22)13(2)23-16(21)11-19-10-4-3-5-15(19)20/h3-10,13H,11H2,1-2H3,(H,18,22)/t13-/m0/s1. The maximum absolute atomic E-state index is 12.0. The van der Waals surface area contributed by atoms with Gasteiger partial charge in [-0.1, -0.05) is 23.8 Å². The molecule has 1 atom stereocenters. The Balaban J connectivity index is 1.90. The second-order valence-electron chi connectivity index (χ2n) is 5.15. The highest BCUT2D eigenvalue weighted by atomic mass is 16.5. The molecule has 1 aromatic carbocycles. The van der Waals surface area contributed by atoms with E-state index in [0.29, 0.717) is 5.69 Å². The van der Waals surface area contributed by atoms with Crippen molar-refractivity contribution in [2.75, 3.05) is 5.32 Å². The van der Waals surface area contributed by atoms with Crippen LogP contribution >= 0.6 is 0 Å². The van der Waals surface area contributed by atoms with Gasteiger partial charge < -0.3 is 14.6 Å². The number of carbonyl (C=O) groups is 2. The van der Waals surface area contributed by atoms with Gasteiger partial charge in [-0.3, -0.25) is 14.4 Å². The lowest BCUT2D eigenvalue weighted by Crippen LogP contribution is -2.32. The molecule has 0 spiro atoms. The van der Waals surface area contributed by atoms with E-state index in [1.54, 1.807) is 24.3 Å². The van der Waals surface area contributed by atoms with Gasteiger partial charge in [-0.2, -0.15) is 0 Å². The van der Waals surface area contributed by atoms with Crippen molar-refractivity contribution in [1.29, 1.82) is 0 Å². The van der Waals surface area contributed by atoms with Crippen molar-refractivity contribution in [3.8, 4) is 0 Å². The lowest BCUT2D eigenvalue weighted by Gasteiger charge is -2.14. The summed E-state index contributed by atoms with van der Waals surface area (Å²) < 4.78 is 6.27. The second-order valence-corrected chi connectivity index (χ2v) is 5.15. The number of carbonyl (C=O) groups excluding carboxylic acids is 2. The summed E-state index contributed by atoms with van der Waals surface area (Å²) in [5.41, 5.74) is 1.40. The average Bonchev–Trinajstić information content (AvgIpc) is 2.51. The van der Waals surface area contributed by atoms with Crippen molar-refractivity contribution in [2.24, 2.45) is 0 Å². The molecule has 120 valence electrons. The zero-order valence-corrected chi connectivity index (χ0v) is 13.0. The zero-order valence-electron chi connectivity index (χ0n) is 13.0. The van der Waals surface area contributed by atoms with Crippen LogP contribution < -0.4 is 10.9 Å². The topological polar surface area (TPSA) is 77.4 Å². The first-order valence-corrected chi connectivity index (χ1v) is 7.18. The van der Waals surface area contributed by atoms with E-state index in [1.165, 1.54) is 23.8 Å². The summed E-state index contributed by atoms with van der Waals surface area (Å²) in [6.07, 6.45) is 0.531. The van der Waals surface area contributed by atoms with Gasteiger partial charge in [0.2, 0.25) is 0 Å². The number of hydrogen-bond acceptors (Lipinski definition) is 4. The van der Waals surface area contributed by atoms with Crippen molar-refractivity contribution in [3.05, 3.63) is 64.6 Å². The number of anilines is 1. The van der Waals surface area contributed by atoms with Gasteiger partial charge in [-0.15, -0.1) is 0 Å². The highest BCUT2D eigenvalue weighted by Gasteiger charge is 2.18. The first-order valence-electron chi connectivity index (χ1n) is 7.18. The van der Waals surface area contributed by atoms with Gasteiger partial charge >= 0.3 is 5.97 Å². The molecule has 1 aromatic heterocycles. The summed E-state index contributed by atoms with van der Waals surface area (Å²) in [5.74, 6) is -1.08. The Morgan fingerprint density at radius 3 is 2.52 bits per heavy atom. The van der Waals surface area contributed by atoms with E-state index in [1.807, 2.05) is 19.1 Å². The third-order valence-electron chi connectivity index (χ3n) is 3.19. The van der Waals surface area contributed by atoms with E-state index in [-0.39, 0.29) is 12.1 Å². The molecule has 0 saturated heterocycles. The third kappa shape index (κ3) is 4.81. The number of aryl methyl sites for hydroxylation is 1. The Kier molecular flexibility index (Phi) is 5.30. The number of nitrogens with zero attached hydrogens (tertiary/aromatic N) is 1. The number of ether oxygens (including phenoxy) is 1. The molecule has 2 rings (SSSR count). The zero-order chi connectivity index (χ0) is 16.8. The van der Waals surface area contributed by atoms with Gasteiger partial charge in [0.25, 0.3) is 11.5 Å². The molecule has 0 bridgehead atoms. The molecular weight excluding hydrogens is 296 g/mol. The van der Waals surface area contributed by atoms with Crippen LogP contribution in [0.15, 0.2) is 53.5 Å². The maximum atomic E-state index is 12.0. The molecule has 0 fully saturated rings. The molecule has 2 aromatic rings. The number of benzene rings is 1. The van der Waals surface area contributed by atoms with Gasteiger partial charge in [-0.25, -0.2) is 0 Å². The minimum absolute atomic E-state index is 0.234. The molecule has 23 heavy (non-hydrogen) atoms. The van der Waals surface area contributed by atoms with Crippen LogP contribution in [0, 0.1) is 6.92 Å². The second kappa shape index (κ2) is 7.40. The number of pyridine rings is 1. The number of nitrogens with one attached hydrogen (secondary N) is 1. The van der Waals surface area contributed by atoms with Gasteiger partial charge in [0.15, 0.2) is 6.10 Å². The number of aromatic nitrogens is 1. The number of esters is 1. The van der Waals surface area contributed by atoms with Crippen LogP contribution in [0.5, 0.6) is 0 Å². The molecule has 0 aliphatic heterocycles. The number of amides is 1. The van der Waals surface area contributed by atoms with Crippen molar-refractivity contribution in [2.45, 2.75) is 26.5 Å². The molecule has 0 radical (unpaired) electrons. The SMILES string of the molecule is Cc1ccc(NC(=O)[C@H](C)OC(=O)Cn2ccccc2=O)cc1. The van der Waals surface area contributed by atoms with Crippen LogP contribution in [0.1, 0.15) is 12.5 Å². The molecule has 0 aliphatic rings. The highest BCUT2D eigenvalue weighted by molar-refractivity contribution is 5.95. The summed E-state index contributed by atoms with van der Waals surface area (Å²) in [6.45, 7) is 3.19. The quantitative estimate of drug-likeness (QED) is 0.853. The number of hydrogen-bond donors (Lipinski definition) is 1. The predicted molar refractivity (Wildman–Crippen MR) is 86.1 cm³/mol. The summed E-state index contributed by atoms with van der Waals surface area (Å²) in [5, 5.41) is 2.66. The Bertz CT molecular complexity index is 750. The first-order chi connectivity index (χ1) is 11.0. The molecule has 1 heterocycles.